The van der Waals surface area contributed by atoms with Crippen LogP contribution in [-0.4, -0.2) is 27.2 Å². The van der Waals surface area contributed by atoms with Gasteiger partial charge >= 0.3 is 12.1 Å². The highest BCUT2D eigenvalue weighted by Gasteiger charge is 2.21. The normalized spacial score (nSPS) is 11.5. The van der Waals surface area contributed by atoms with Crippen LogP contribution < -0.4 is 21.7 Å². The van der Waals surface area contributed by atoms with Crippen LogP contribution in [0.4, 0.5) is 21.0 Å². The smallest absolute Gasteiger partial charge is 0.409 e. The number of urea groups is 1. The average Bonchev–Trinajstić information content (AvgIpc) is 3.26. The number of aromatic amines is 1. The number of hydrogen-bond donors (Lipinski definition) is 6. The van der Waals surface area contributed by atoms with Gasteiger partial charge in [0.05, 0.1) is 6.04 Å². The standard InChI is InChI=1S/C26H24Cl2N6O3/c27-18-8-11-20(29)17(13-18)14-30-25(35)32-21(12-15-4-2-1-3-5-15)24-33-22(23(28)34-24)16-6-9-19(10-7-16)31-26(36)37/h1-11,13,21,31H,12,14,29H2,(H,33,34)(H,36,37)(H2,30,32,35)/t21-/m0/s1. The molecular weight excluding hydrogens is 515 g/mol. The molecule has 3 amide bonds. The fraction of sp³-hybridized carbons (Fsp3) is 0.115. The Morgan fingerprint density at radius 2 is 1.76 bits per heavy atom. The lowest BCUT2D eigenvalue weighted by atomic mass is 10.1. The first kappa shape index (κ1) is 25.9. The number of amides is 3. The molecule has 0 aliphatic carbocycles. The summed E-state index contributed by atoms with van der Waals surface area (Å²) < 4.78 is 0. The molecule has 1 atom stereocenters. The van der Waals surface area contributed by atoms with Crippen molar-refractivity contribution in [3.05, 3.63) is 99.9 Å². The third-order valence-corrected chi connectivity index (χ3v) is 6.06. The summed E-state index contributed by atoms with van der Waals surface area (Å²) in [5.41, 5.74) is 9.78. The van der Waals surface area contributed by atoms with Gasteiger partial charge < -0.3 is 26.5 Å². The molecule has 0 radical (unpaired) electrons. The zero-order valence-electron chi connectivity index (χ0n) is 19.5. The third kappa shape index (κ3) is 6.93. The fourth-order valence-corrected chi connectivity index (χ4v) is 4.18. The van der Waals surface area contributed by atoms with Crippen LogP contribution in [0.25, 0.3) is 11.3 Å². The molecular formula is C26H24Cl2N6O3. The molecule has 4 aromatic rings. The van der Waals surface area contributed by atoms with Gasteiger partial charge in [0.15, 0.2) is 0 Å². The number of carboxylic acid groups (broad SMARTS) is 1. The summed E-state index contributed by atoms with van der Waals surface area (Å²) in [7, 11) is 0. The van der Waals surface area contributed by atoms with Crippen molar-refractivity contribution >= 4 is 46.7 Å². The average molecular weight is 539 g/mol. The summed E-state index contributed by atoms with van der Waals surface area (Å²) in [4.78, 5) is 31.4. The maximum absolute atomic E-state index is 12.8. The van der Waals surface area contributed by atoms with Crippen LogP contribution in [0.2, 0.25) is 10.2 Å². The molecule has 0 bridgehead atoms. The minimum Gasteiger partial charge on any atom is -0.465 e. The van der Waals surface area contributed by atoms with Gasteiger partial charge in [-0.2, -0.15) is 0 Å². The first-order valence-electron chi connectivity index (χ1n) is 11.3. The lowest BCUT2D eigenvalue weighted by Crippen LogP contribution is -2.39. The molecule has 0 saturated carbocycles. The molecule has 0 aliphatic rings. The van der Waals surface area contributed by atoms with Gasteiger partial charge in [-0.15, -0.1) is 0 Å². The number of carbonyl (C=O) groups is 2. The Kier molecular flexibility index (Phi) is 8.17. The van der Waals surface area contributed by atoms with Gasteiger partial charge in [-0.25, -0.2) is 14.6 Å². The lowest BCUT2D eigenvalue weighted by molar-refractivity contribution is 0.209. The monoisotopic (exact) mass is 538 g/mol. The molecule has 7 N–H and O–H groups in total. The molecule has 1 heterocycles. The van der Waals surface area contributed by atoms with Crippen LogP contribution in [0.1, 0.15) is 23.0 Å². The molecule has 0 fully saturated rings. The quantitative estimate of drug-likeness (QED) is 0.156. The zero-order valence-corrected chi connectivity index (χ0v) is 21.0. The van der Waals surface area contributed by atoms with Crippen molar-refractivity contribution in [1.82, 2.24) is 20.6 Å². The SMILES string of the molecule is Nc1ccc(Cl)cc1CNC(=O)N[C@@H](Cc1ccccc1)c1nc(-c2ccc(NC(=O)O)cc2)c(Cl)[nH]1. The van der Waals surface area contributed by atoms with Gasteiger partial charge in [-0.1, -0.05) is 65.7 Å². The summed E-state index contributed by atoms with van der Waals surface area (Å²) in [6.45, 7) is 0.192. The molecule has 0 aliphatic heterocycles. The molecule has 37 heavy (non-hydrogen) atoms. The summed E-state index contributed by atoms with van der Waals surface area (Å²) in [6, 6.07) is 20.4. The van der Waals surface area contributed by atoms with Gasteiger partial charge in [0, 0.05) is 28.5 Å². The van der Waals surface area contributed by atoms with E-state index in [2.05, 4.69) is 25.9 Å². The maximum Gasteiger partial charge on any atom is 0.409 e. The number of rotatable bonds is 8. The van der Waals surface area contributed by atoms with E-state index >= 15 is 0 Å². The number of nitrogens with two attached hydrogens (primary N) is 1. The third-order valence-electron chi connectivity index (χ3n) is 5.55. The molecule has 0 unspecified atom stereocenters. The molecule has 1 aromatic heterocycles. The number of nitrogen functional groups attached to an aromatic ring is 1. The number of aromatic nitrogens is 2. The second-order valence-electron chi connectivity index (χ2n) is 8.20. The number of imidazole rings is 1. The highest BCUT2D eigenvalue weighted by atomic mass is 35.5. The van der Waals surface area contributed by atoms with Gasteiger partial charge in [0.2, 0.25) is 0 Å². The Balaban J connectivity index is 1.54. The van der Waals surface area contributed by atoms with Gasteiger partial charge in [-0.05, 0) is 47.9 Å². The van der Waals surface area contributed by atoms with Crippen LogP contribution in [-0.2, 0) is 13.0 Å². The van der Waals surface area contributed by atoms with Gasteiger partial charge in [0.1, 0.15) is 16.7 Å². The van der Waals surface area contributed by atoms with E-state index < -0.39 is 18.2 Å². The summed E-state index contributed by atoms with van der Waals surface area (Å²) in [6.07, 6.45) is -0.697. The van der Waals surface area contributed by atoms with E-state index in [1.54, 1.807) is 42.5 Å². The van der Waals surface area contributed by atoms with Crippen molar-refractivity contribution in [2.45, 2.75) is 19.0 Å². The Hall–Kier alpha value is -4.21. The number of H-pyrrole nitrogens is 1. The van der Waals surface area contributed by atoms with E-state index in [4.69, 9.17) is 34.0 Å². The minimum absolute atomic E-state index is 0.192. The van der Waals surface area contributed by atoms with Crippen molar-refractivity contribution in [2.75, 3.05) is 11.1 Å². The second kappa shape index (κ2) is 11.7. The van der Waals surface area contributed by atoms with E-state index in [0.717, 1.165) is 5.56 Å². The van der Waals surface area contributed by atoms with E-state index in [-0.39, 0.29) is 6.54 Å². The van der Waals surface area contributed by atoms with E-state index in [1.165, 1.54) is 0 Å². The Morgan fingerprint density at radius 3 is 2.46 bits per heavy atom. The van der Waals surface area contributed by atoms with Crippen LogP contribution >= 0.6 is 23.2 Å². The first-order valence-corrected chi connectivity index (χ1v) is 12.0. The maximum atomic E-state index is 12.8. The fourth-order valence-electron chi connectivity index (χ4n) is 3.74. The molecule has 11 heteroatoms. The lowest BCUT2D eigenvalue weighted by Gasteiger charge is -2.18. The highest BCUT2D eigenvalue weighted by molar-refractivity contribution is 6.32. The van der Waals surface area contributed by atoms with Crippen molar-refractivity contribution < 1.29 is 14.7 Å². The van der Waals surface area contributed by atoms with Gasteiger partial charge in [-0.3, -0.25) is 5.32 Å². The van der Waals surface area contributed by atoms with Crippen molar-refractivity contribution in [3.8, 4) is 11.3 Å². The molecule has 190 valence electrons. The Bertz CT molecular complexity index is 1390. The zero-order chi connectivity index (χ0) is 26.4. The number of nitrogens with one attached hydrogen (secondary N) is 4. The number of anilines is 2. The summed E-state index contributed by atoms with van der Waals surface area (Å²) in [5, 5.41) is 17.8. The largest absolute Gasteiger partial charge is 0.465 e. The summed E-state index contributed by atoms with van der Waals surface area (Å²) >= 11 is 12.5. The van der Waals surface area contributed by atoms with Crippen molar-refractivity contribution in [1.29, 1.82) is 0 Å². The van der Waals surface area contributed by atoms with Gasteiger partial charge in [0.25, 0.3) is 0 Å². The predicted molar refractivity (Wildman–Crippen MR) is 145 cm³/mol. The second-order valence-corrected chi connectivity index (χ2v) is 9.02. The highest BCUT2D eigenvalue weighted by Crippen LogP contribution is 2.29. The molecule has 4 rings (SSSR count). The number of carbonyl (C=O) groups excluding carboxylic acids is 1. The summed E-state index contributed by atoms with van der Waals surface area (Å²) in [5.74, 6) is 0.467. The Morgan fingerprint density at radius 1 is 1.03 bits per heavy atom. The van der Waals surface area contributed by atoms with Crippen molar-refractivity contribution in [2.24, 2.45) is 0 Å². The van der Waals surface area contributed by atoms with E-state index in [9.17, 15) is 9.59 Å². The van der Waals surface area contributed by atoms with Crippen LogP contribution in [0.3, 0.4) is 0 Å². The van der Waals surface area contributed by atoms with Crippen LogP contribution in [0.15, 0.2) is 72.8 Å². The number of halogens is 2. The van der Waals surface area contributed by atoms with Crippen molar-refractivity contribution in [3.63, 3.8) is 0 Å². The minimum atomic E-state index is -1.15. The van der Waals surface area contributed by atoms with E-state index in [1.807, 2.05) is 30.3 Å². The molecule has 9 nitrogen and oxygen atoms in total. The first-order chi connectivity index (χ1) is 17.8. The topological polar surface area (TPSA) is 145 Å². The Labute approximate surface area is 223 Å². The molecule has 0 spiro atoms. The molecule has 0 saturated heterocycles. The number of benzene rings is 3. The number of nitrogens with zero attached hydrogens (tertiary/aromatic N) is 1. The predicted octanol–water partition coefficient (Wildman–Crippen LogP) is 5.84. The molecule has 3 aromatic carbocycles. The van der Waals surface area contributed by atoms with Crippen LogP contribution in [0, 0.1) is 0 Å². The van der Waals surface area contributed by atoms with Crippen LogP contribution in [0.5, 0.6) is 0 Å². The number of hydrogen-bond acceptors (Lipinski definition) is 4. The van der Waals surface area contributed by atoms with E-state index in [0.29, 0.717) is 50.6 Å².